The number of hydrogen-bond acceptors (Lipinski definition) is 4. The van der Waals surface area contributed by atoms with Crippen molar-refractivity contribution in [1.82, 2.24) is 4.98 Å². The highest BCUT2D eigenvalue weighted by molar-refractivity contribution is 7.80. The minimum atomic E-state index is -4.27. The van der Waals surface area contributed by atoms with Crippen molar-refractivity contribution in [3.05, 3.63) is 30.6 Å². The van der Waals surface area contributed by atoms with Crippen molar-refractivity contribution in [3.63, 3.8) is 0 Å². The van der Waals surface area contributed by atoms with Crippen LogP contribution in [0.5, 0.6) is 0 Å². The van der Waals surface area contributed by atoms with Gasteiger partial charge in [0.1, 0.15) is 0 Å². The highest BCUT2D eigenvalue weighted by Gasteiger charge is 2.14. The number of aromatic nitrogens is 1. The van der Waals surface area contributed by atoms with Crippen LogP contribution in [-0.4, -0.2) is 24.1 Å². The molecular weight excluding hydrogens is 266 g/mol. The maximum Gasteiger partial charge on any atom is 0.397 e. The van der Waals surface area contributed by atoms with Crippen LogP contribution in [0, 0.1) is 0 Å². The SMILES string of the molecule is CCCCCC(CC)OS(=O)(=O)O.c1ccncc1. The second-order valence-corrected chi connectivity index (χ2v) is 5.12. The molecule has 1 N–H and O–H groups in total. The summed E-state index contributed by atoms with van der Waals surface area (Å²) in [6.07, 6.45) is 7.49. The Kier molecular flexibility index (Phi) is 10.3. The quantitative estimate of drug-likeness (QED) is 0.616. The first kappa shape index (κ1) is 18.0. The van der Waals surface area contributed by atoms with Gasteiger partial charge in [-0.2, -0.15) is 8.42 Å². The van der Waals surface area contributed by atoms with Crippen LogP contribution in [0.1, 0.15) is 46.0 Å². The zero-order valence-corrected chi connectivity index (χ0v) is 12.3. The van der Waals surface area contributed by atoms with E-state index in [4.69, 9.17) is 4.55 Å². The zero-order valence-electron chi connectivity index (χ0n) is 11.5. The summed E-state index contributed by atoms with van der Waals surface area (Å²) < 4.78 is 33.6. The van der Waals surface area contributed by atoms with Crippen molar-refractivity contribution in [2.45, 2.75) is 52.1 Å². The van der Waals surface area contributed by atoms with Gasteiger partial charge in [0.05, 0.1) is 6.10 Å². The smallest absolute Gasteiger partial charge is 0.265 e. The van der Waals surface area contributed by atoms with Crippen LogP contribution >= 0.6 is 0 Å². The summed E-state index contributed by atoms with van der Waals surface area (Å²) in [7, 11) is -4.27. The van der Waals surface area contributed by atoms with Gasteiger partial charge in [-0.3, -0.25) is 9.54 Å². The van der Waals surface area contributed by atoms with Gasteiger partial charge in [-0.05, 0) is 25.0 Å². The fraction of sp³-hybridized carbons (Fsp3) is 0.615. The molecule has 5 nitrogen and oxygen atoms in total. The first-order valence-electron chi connectivity index (χ1n) is 6.50. The summed E-state index contributed by atoms with van der Waals surface area (Å²) in [6.45, 7) is 3.91. The fourth-order valence-corrected chi connectivity index (χ4v) is 2.00. The van der Waals surface area contributed by atoms with Gasteiger partial charge in [0.25, 0.3) is 0 Å². The molecule has 0 spiro atoms. The van der Waals surface area contributed by atoms with E-state index in [0.29, 0.717) is 12.8 Å². The second-order valence-electron chi connectivity index (χ2n) is 4.07. The lowest BCUT2D eigenvalue weighted by Crippen LogP contribution is -2.16. The molecule has 0 fully saturated rings. The lowest BCUT2D eigenvalue weighted by molar-refractivity contribution is 0.165. The topological polar surface area (TPSA) is 76.5 Å². The molecule has 0 saturated carbocycles. The van der Waals surface area contributed by atoms with E-state index in [9.17, 15) is 8.42 Å². The van der Waals surface area contributed by atoms with Gasteiger partial charge in [-0.1, -0.05) is 39.2 Å². The molecule has 0 aliphatic heterocycles. The van der Waals surface area contributed by atoms with E-state index in [1.165, 1.54) is 0 Å². The van der Waals surface area contributed by atoms with E-state index in [2.05, 4.69) is 16.1 Å². The third-order valence-electron chi connectivity index (χ3n) is 2.41. The van der Waals surface area contributed by atoms with Crippen LogP contribution in [0.3, 0.4) is 0 Å². The van der Waals surface area contributed by atoms with Crippen LogP contribution < -0.4 is 0 Å². The van der Waals surface area contributed by atoms with Gasteiger partial charge < -0.3 is 0 Å². The van der Waals surface area contributed by atoms with E-state index < -0.39 is 10.4 Å². The van der Waals surface area contributed by atoms with Crippen LogP contribution in [0.25, 0.3) is 0 Å². The standard InChI is InChI=1S/C8H18O4S.C5H5N/c1-3-5-6-7-8(4-2)12-13(9,10)11;1-2-4-6-5-3-1/h8H,3-7H2,1-2H3,(H,9,10,11);1-5H. The molecule has 6 heteroatoms. The van der Waals surface area contributed by atoms with Crippen LogP contribution in [0.15, 0.2) is 30.6 Å². The minimum Gasteiger partial charge on any atom is -0.265 e. The summed E-state index contributed by atoms with van der Waals surface area (Å²) in [6, 6.07) is 5.72. The maximum atomic E-state index is 10.4. The Bertz CT molecular complexity index is 368. The molecule has 1 heterocycles. The van der Waals surface area contributed by atoms with Crippen molar-refractivity contribution >= 4 is 10.4 Å². The van der Waals surface area contributed by atoms with Gasteiger partial charge in [-0.15, -0.1) is 0 Å². The third-order valence-corrected chi connectivity index (χ3v) is 2.92. The fourth-order valence-electron chi connectivity index (χ4n) is 1.43. The van der Waals surface area contributed by atoms with Crippen LogP contribution in [-0.2, 0) is 14.6 Å². The van der Waals surface area contributed by atoms with Gasteiger partial charge in [0, 0.05) is 12.4 Å². The van der Waals surface area contributed by atoms with E-state index in [0.717, 1.165) is 19.3 Å². The Hall–Kier alpha value is -0.980. The van der Waals surface area contributed by atoms with Crippen molar-refractivity contribution < 1.29 is 17.2 Å². The summed E-state index contributed by atoms with van der Waals surface area (Å²) in [4.78, 5) is 3.78. The minimum absolute atomic E-state index is 0.374. The lowest BCUT2D eigenvalue weighted by atomic mass is 10.1. The molecule has 1 rings (SSSR count). The summed E-state index contributed by atoms with van der Waals surface area (Å²) in [5, 5.41) is 0. The van der Waals surface area contributed by atoms with E-state index in [1.54, 1.807) is 12.4 Å². The highest BCUT2D eigenvalue weighted by atomic mass is 32.3. The second kappa shape index (κ2) is 10.9. The Balaban J connectivity index is 0.000000443. The van der Waals surface area contributed by atoms with Crippen LogP contribution in [0.2, 0.25) is 0 Å². The molecule has 1 aromatic heterocycles. The molecule has 1 atom stereocenters. The number of pyridine rings is 1. The lowest BCUT2D eigenvalue weighted by Gasteiger charge is -2.12. The molecule has 0 amide bonds. The monoisotopic (exact) mass is 289 g/mol. The Labute approximate surface area is 116 Å². The van der Waals surface area contributed by atoms with Gasteiger partial charge in [0.2, 0.25) is 0 Å². The Morgan fingerprint density at radius 1 is 1.16 bits per heavy atom. The summed E-state index contributed by atoms with van der Waals surface area (Å²) >= 11 is 0. The van der Waals surface area contributed by atoms with Gasteiger partial charge >= 0.3 is 10.4 Å². The molecular formula is C13H23NO4S. The van der Waals surface area contributed by atoms with Crippen molar-refractivity contribution in [2.24, 2.45) is 0 Å². The summed E-state index contributed by atoms with van der Waals surface area (Å²) in [5.41, 5.74) is 0. The number of nitrogens with zero attached hydrogens (tertiary/aromatic N) is 1. The molecule has 0 bridgehead atoms. The third kappa shape index (κ3) is 13.3. The predicted molar refractivity (Wildman–Crippen MR) is 75.1 cm³/mol. The number of rotatable bonds is 7. The molecule has 1 aromatic rings. The highest BCUT2D eigenvalue weighted by Crippen LogP contribution is 2.11. The van der Waals surface area contributed by atoms with Crippen molar-refractivity contribution in [3.8, 4) is 0 Å². The Morgan fingerprint density at radius 3 is 2.11 bits per heavy atom. The van der Waals surface area contributed by atoms with E-state index in [1.807, 2.05) is 25.1 Å². The van der Waals surface area contributed by atoms with Crippen molar-refractivity contribution in [2.75, 3.05) is 0 Å². The maximum absolute atomic E-state index is 10.4. The molecule has 0 radical (unpaired) electrons. The molecule has 1 unspecified atom stereocenters. The average molecular weight is 289 g/mol. The largest absolute Gasteiger partial charge is 0.397 e. The van der Waals surface area contributed by atoms with E-state index in [-0.39, 0.29) is 6.10 Å². The summed E-state index contributed by atoms with van der Waals surface area (Å²) in [5.74, 6) is 0. The molecule has 0 aromatic carbocycles. The normalized spacial score (nSPS) is 12.4. The molecule has 110 valence electrons. The molecule has 19 heavy (non-hydrogen) atoms. The first-order valence-corrected chi connectivity index (χ1v) is 7.86. The first-order chi connectivity index (χ1) is 8.99. The number of unbranched alkanes of at least 4 members (excludes halogenated alkanes) is 2. The predicted octanol–water partition coefficient (Wildman–Crippen LogP) is 3.25. The van der Waals surface area contributed by atoms with Gasteiger partial charge in [-0.25, -0.2) is 4.18 Å². The molecule has 0 aliphatic carbocycles. The molecule has 0 aliphatic rings. The molecule has 0 saturated heterocycles. The van der Waals surface area contributed by atoms with Gasteiger partial charge in [0.15, 0.2) is 0 Å². The van der Waals surface area contributed by atoms with E-state index >= 15 is 0 Å². The van der Waals surface area contributed by atoms with Crippen molar-refractivity contribution in [1.29, 1.82) is 0 Å². The number of hydrogen-bond donors (Lipinski definition) is 1. The zero-order chi connectivity index (χ0) is 14.6. The van der Waals surface area contributed by atoms with Crippen LogP contribution in [0.4, 0.5) is 0 Å². The Morgan fingerprint density at radius 2 is 1.79 bits per heavy atom. The average Bonchev–Trinajstić information content (AvgIpc) is 2.39.